The van der Waals surface area contributed by atoms with Crippen LogP contribution in [0.3, 0.4) is 0 Å². The van der Waals surface area contributed by atoms with Gasteiger partial charge in [-0.2, -0.15) is 0 Å². The zero-order valence-electron chi connectivity index (χ0n) is 24.3. The van der Waals surface area contributed by atoms with Gasteiger partial charge in [0.2, 0.25) is 0 Å². The second kappa shape index (κ2) is 20.6. The lowest BCUT2D eigenvalue weighted by Gasteiger charge is -2.44. The van der Waals surface area contributed by atoms with Crippen LogP contribution in [-0.2, 0) is 52.3 Å². The van der Waals surface area contributed by atoms with E-state index in [4.69, 9.17) is 33.2 Å². The summed E-state index contributed by atoms with van der Waals surface area (Å²) in [6.07, 6.45) is 6.46. The van der Waals surface area contributed by atoms with E-state index in [2.05, 4.69) is 6.92 Å². The molecule has 1 heterocycles. The zero-order chi connectivity index (χ0) is 29.0. The van der Waals surface area contributed by atoms with Gasteiger partial charge < -0.3 is 33.2 Å². The van der Waals surface area contributed by atoms with E-state index in [1.807, 2.05) is 0 Å². The Kier molecular flexibility index (Phi) is 18.4. The van der Waals surface area contributed by atoms with Crippen molar-refractivity contribution < 1.29 is 52.3 Å². The van der Waals surface area contributed by atoms with Gasteiger partial charge in [0.25, 0.3) is 0 Å². The highest BCUT2D eigenvalue weighted by atomic mass is 16.7. The number of hydrogen-bond acceptors (Lipinski definition) is 11. The van der Waals surface area contributed by atoms with Crippen molar-refractivity contribution in [3.05, 3.63) is 0 Å². The Hall–Kier alpha value is -2.24. The second-order valence-corrected chi connectivity index (χ2v) is 9.73. The number of carbonyl (C=O) groups excluding carboxylic acids is 4. The smallest absolute Gasteiger partial charge is 0.303 e. The molecular weight excluding hydrogens is 512 g/mol. The number of ether oxygens (including phenoxy) is 7. The lowest BCUT2D eigenvalue weighted by atomic mass is 9.98. The van der Waals surface area contributed by atoms with Crippen molar-refractivity contribution in [1.29, 1.82) is 0 Å². The van der Waals surface area contributed by atoms with Crippen molar-refractivity contribution in [2.75, 3.05) is 26.4 Å². The van der Waals surface area contributed by atoms with E-state index >= 15 is 0 Å². The average molecular weight is 561 g/mol. The molecule has 0 saturated carbocycles. The molecule has 1 aliphatic heterocycles. The number of carbonyl (C=O) groups is 4. The number of esters is 4. The molecule has 1 aliphatic rings. The summed E-state index contributed by atoms with van der Waals surface area (Å²) >= 11 is 0. The molecule has 1 fully saturated rings. The van der Waals surface area contributed by atoms with Crippen molar-refractivity contribution in [2.24, 2.45) is 0 Å². The molecule has 0 N–H and O–H groups in total. The van der Waals surface area contributed by atoms with Crippen molar-refractivity contribution in [1.82, 2.24) is 0 Å². The van der Waals surface area contributed by atoms with Gasteiger partial charge in [-0.1, -0.05) is 64.7 Å². The highest BCUT2D eigenvalue weighted by molar-refractivity contribution is 5.68. The van der Waals surface area contributed by atoms with Crippen LogP contribution in [0, 0.1) is 0 Å². The first-order chi connectivity index (χ1) is 18.6. The third kappa shape index (κ3) is 15.8. The normalized spacial score (nSPS) is 22.6. The molecule has 0 amide bonds. The van der Waals surface area contributed by atoms with E-state index in [1.165, 1.54) is 79.1 Å². The maximum Gasteiger partial charge on any atom is 0.303 e. The van der Waals surface area contributed by atoms with Gasteiger partial charge in [0.1, 0.15) is 12.7 Å². The minimum absolute atomic E-state index is 0.103. The summed E-state index contributed by atoms with van der Waals surface area (Å²) in [6, 6.07) is 0. The maximum absolute atomic E-state index is 11.9. The predicted octanol–water partition coefficient (Wildman–Crippen LogP) is 4.02. The molecule has 226 valence electrons. The van der Waals surface area contributed by atoms with Gasteiger partial charge in [-0.25, -0.2) is 0 Å². The minimum atomic E-state index is -1.25. The predicted molar refractivity (Wildman–Crippen MR) is 141 cm³/mol. The van der Waals surface area contributed by atoms with Crippen LogP contribution in [0.25, 0.3) is 0 Å². The summed E-state index contributed by atoms with van der Waals surface area (Å²) in [7, 11) is 0. The Balaban J connectivity index is 2.60. The van der Waals surface area contributed by atoms with Gasteiger partial charge in [-0.15, -0.1) is 0 Å². The summed E-state index contributed by atoms with van der Waals surface area (Å²) in [5.74, 6) is -2.63. The van der Waals surface area contributed by atoms with Crippen LogP contribution in [0.4, 0.5) is 0 Å². The molecular formula is C28H48O11. The second-order valence-electron chi connectivity index (χ2n) is 9.73. The first kappa shape index (κ1) is 34.8. The Labute approximate surface area is 232 Å². The quantitative estimate of drug-likeness (QED) is 0.121. The van der Waals surface area contributed by atoms with Crippen LogP contribution in [0.15, 0.2) is 0 Å². The zero-order valence-corrected chi connectivity index (χ0v) is 24.3. The first-order valence-electron chi connectivity index (χ1n) is 14.2. The Morgan fingerprint density at radius 1 is 0.590 bits per heavy atom. The lowest BCUT2D eigenvalue weighted by Crippen LogP contribution is -2.63. The molecule has 0 bridgehead atoms. The SMILES string of the molecule is CCCCCCCCCCCCOCCO[C@@H]1O[C@H](COC(C)=O)[C@@H](OC(C)=O)[C@H](OC(C)=O)[C@H]1OC(C)=O. The molecule has 11 nitrogen and oxygen atoms in total. The summed E-state index contributed by atoms with van der Waals surface area (Å²) in [5, 5.41) is 0. The Bertz CT molecular complexity index is 726. The van der Waals surface area contributed by atoms with Gasteiger partial charge in [0, 0.05) is 34.3 Å². The molecule has 0 spiro atoms. The fourth-order valence-corrected chi connectivity index (χ4v) is 4.34. The molecule has 0 aliphatic carbocycles. The van der Waals surface area contributed by atoms with Crippen LogP contribution >= 0.6 is 0 Å². The molecule has 0 radical (unpaired) electrons. The van der Waals surface area contributed by atoms with Gasteiger partial charge in [-0.05, 0) is 6.42 Å². The van der Waals surface area contributed by atoms with Gasteiger partial charge in [0.15, 0.2) is 24.6 Å². The van der Waals surface area contributed by atoms with Gasteiger partial charge >= 0.3 is 23.9 Å². The van der Waals surface area contributed by atoms with Crippen molar-refractivity contribution in [2.45, 2.75) is 130 Å². The third-order valence-corrected chi connectivity index (χ3v) is 6.10. The molecule has 0 aromatic carbocycles. The molecule has 0 aromatic rings. The molecule has 39 heavy (non-hydrogen) atoms. The molecule has 5 atom stereocenters. The van der Waals surface area contributed by atoms with Crippen molar-refractivity contribution >= 4 is 23.9 Å². The van der Waals surface area contributed by atoms with Crippen LogP contribution in [-0.4, -0.2) is 81.0 Å². The minimum Gasteiger partial charge on any atom is -0.463 e. The van der Waals surface area contributed by atoms with E-state index in [0.717, 1.165) is 12.8 Å². The number of unbranched alkanes of at least 4 members (excludes halogenated alkanes) is 9. The standard InChI is InChI=1S/C28H48O11/c1-6-7-8-9-10-11-12-13-14-15-16-33-17-18-34-28-27(38-23(5)32)26(37-22(4)31)25(36-21(3)30)24(39-28)19-35-20(2)29/h24-28H,6-19H2,1-5H3/t24-,25-,26+,27-,28-/m1/s1. The topological polar surface area (TPSA) is 133 Å². The van der Waals surface area contributed by atoms with Gasteiger partial charge in [-0.3, -0.25) is 19.2 Å². The van der Waals surface area contributed by atoms with Crippen LogP contribution < -0.4 is 0 Å². The summed E-state index contributed by atoms with van der Waals surface area (Å²) in [4.78, 5) is 46.9. The fourth-order valence-electron chi connectivity index (χ4n) is 4.34. The Morgan fingerprint density at radius 2 is 1.10 bits per heavy atom. The molecule has 1 saturated heterocycles. The summed E-state index contributed by atoms with van der Waals surface area (Å²) < 4.78 is 38.5. The molecule has 0 unspecified atom stereocenters. The van der Waals surface area contributed by atoms with Crippen LogP contribution in [0.5, 0.6) is 0 Å². The maximum atomic E-state index is 11.9. The van der Waals surface area contributed by atoms with E-state index in [-0.39, 0.29) is 19.8 Å². The van der Waals surface area contributed by atoms with Gasteiger partial charge in [0.05, 0.1) is 13.2 Å². The highest BCUT2D eigenvalue weighted by Gasteiger charge is 2.52. The molecule has 1 rings (SSSR count). The van der Waals surface area contributed by atoms with E-state index in [1.54, 1.807) is 0 Å². The third-order valence-electron chi connectivity index (χ3n) is 6.10. The summed E-state index contributed by atoms with van der Waals surface area (Å²) in [6.45, 7) is 7.64. The largest absolute Gasteiger partial charge is 0.463 e. The van der Waals surface area contributed by atoms with Crippen molar-refractivity contribution in [3.63, 3.8) is 0 Å². The Morgan fingerprint density at radius 3 is 1.64 bits per heavy atom. The summed E-state index contributed by atoms with van der Waals surface area (Å²) in [5.41, 5.74) is 0. The van der Waals surface area contributed by atoms with E-state index in [0.29, 0.717) is 6.61 Å². The first-order valence-corrected chi connectivity index (χ1v) is 14.2. The number of rotatable bonds is 20. The van der Waals surface area contributed by atoms with Crippen LogP contribution in [0.2, 0.25) is 0 Å². The average Bonchev–Trinajstić information content (AvgIpc) is 2.85. The van der Waals surface area contributed by atoms with Crippen LogP contribution in [0.1, 0.15) is 98.8 Å². The molecule has 11 heteroatoms. The highest BCUT2D eigenvalue weighted by Crippen LogP contribution is 2.30. The molecule has 0 aromatic heterocycles. The van der Waals surface area contributed by atoms with Crippen molar-refractivity contribution in [3.8, 4) is 0 Å². The van der Waals surface area contributed by atoms with E-state index in [9.17, 15) is 19.2 Å². The van der Waals surface area contributed by atoms with E-state index < -0.39 is 54.6 Å². The lowest BCUT2D eigenvalue weighted by molar-refractivity contribution is -0.309. The monoisotopic (exact) mass is 560 g/mol. The number of hydrogen-bond donors (Lipinski definition) is 0. The fraction of sp³-hybridized carbons (Fsp3) is 0.857.